The summed E-state index contributed by atoms with van der Waals surface area (Å²) in [4.78, 5) is 0. The maximum atomic E-state index is 5.62. The first-order valence-corrected chi connectivity index (χ1v) is 4.20. The molecule has 1 aromatic carbocycles. The summed E-state index contributed by atoms with van der Waals surface area (Å²) in [5.41, 5.74) is 0. The summed E-state index contributed by atoms with van der Waals surface area (Å²) in [5, 5.41) is 0. The molecule has 0 fully saturated rings. The summed E-state index contributed by atoms with van der Waals surface area (Å²) in [5.74, 6) is 1.70. The molecule has 2 nitrogen and oxygen atoms in total. The van der Waals surface area contributed by atoms with Gasteiger partial charge in [-0.2, -0.15) is 0 Å². The highest BCUT2D eigenvalue weighted by molar-refractivity contribution is 5.40. The van der Waals surface area contributed by atoms with Crippen LogP contribution in [0, 0.1) is 0 Å². The Morgan fingerprint density at radius 3 is 1.75 bits per heavy atom. The van der Waals surface area contributed by atoms with Crippen molar-refractivity contribution in [1.29, 1.82) is 0 Å². The summed E-state index contributed by atoms with van der Waals surface area (Å²) in [6.07, 6.45) is 0.278. The normalized spacial score (nSPS) is 26.8. The van der Waals surface area contributed by atoms with E-state index in [0.29, 0.717) is 0 Å². The van der Waals surface area contributed by atoms with Crippen molar-refractivity contribution in [2.24, 2.45) is 0 Å². The predicted octanol–water partition coefficient (Wildman–Crippen LogP) is 2.23. The number of para-hydroxylation sites is 2. The van der Waals surface area contributed by atoms with Gasteiger partial charge in [0.05, 0.1) is 0 Å². The zero-order valence-electron chi connectivity index (χ0n) is 7.28. The van der Waals surface area contributed by atoms with Crippen LogP contribution >= 0.6 is 0 Å². The molecule has 0 N–H and O–H groups in total. The molecule has 0 bridgehead atoms. The lowest BCUT2D eigenvalue weighted by molar-refractivity contribution is 0.0430. The molecule has 0 aliphatic carbocycles. The molecule has 1 heterocycles. The Balaban J connectivity index is 2.34. The highest BCUT2D eigenvalue weighted by atomic mass is 16.6. The molecule has 1 aliphatic heterocycles. The number of hydrogen-bond donors (Lipinski definition) is 0. The van der Waals surface area contributed by atoms with E-state index in [-0.39, 0.29) is 12.2 Å². The molecule has 2 rings (SSSR count). The molecule has 1 aromatic rings. The average Bonchev–Trinajstić information content (AvgIpc) is 2.07. The molecule has 0 aromatic heterocycles. The summed E-state index contributed by atoms with van der Waals surface area (Å²) >= 11 is 0. The van der Waals surface area contributed by atoms with Gasteiger partial charge in [-0.05, 0) is 26.0 Å². The highest BCUT2D eigenvalue weighted by Crippen LogP contribution is 2.32. The van der Waals surface area contributed by atoms with Gasteiger partial charge in [-0.25, -0.2) is 0 Å². The number of benzene rings is 1. The first-order chi connectivity index (χ1) is 5.77. The van der Waals surface area contributed by atoms with Crippen molar-refractivity contribution < 1.29 is 9.47 Å². The van der Waals surface area contributed by atoms with Crippen molar-refractivity contribution >= 4 is 0 Å². The Hall–Kier alpha value is -1.18. The van der Waals surface area contributed by atoms with Crippen molar-refractivity contribution in [3.8, 4) is 11.5 Å². The molecule has 2 atom stereocenters. The molecule has 0 saturated carbocycles. The van der Waals surface area contributed by atoms with Crippen LogP contribution in [0.2, 0.25) is 0 Å². The first kappa shape index (κ1) is 7.47. The Morgan fingerprint density at radius 2 is 1.33 bits per heavy atom. The molecule has 12 heavy (non-hydrogen) atoms. The second kappa shape index (κ2) is 2.70. The van der Waals surface area contributed by atoms with Gasteiger partial charge in [0.25, 0.3) is 0 Å². The second-order valence-corrected chi connectivity index (χ2v) is 3.09. The van der Waals surface area contributed by atoms with Gasteiger partial charge >= 0.3 is 0 Å². The number of hydrogen-bond acceptors (Lipinski definition) is 2. The van der Waals surface area contributed by atoms with Crippen LogP contribution in [0.15, 0.2) is 24.3 Å². The Bertz CT molecular complexity index is 254. The van der Waals surface area contributed by atoms with Crippen LogP contribution in [0.25, 0.3) is 0 Å². The molecule has 2 unspecified atom stereocenters. The smallest absolute Gasteiger partial charge is 0.161 e. The SMILES string of the molecule is CC1Oc2ccccc2OC1C. The summed E-state index contributed by atoms with van der Waals surface area (Å²) in [6, 6.07) is 7.76. The van der Waals surface area contributed by atoms with E-state index in [9.17, 15) is 0 Å². The maximum absolute atomic E-state index is 5.62. The van der Waals surface area contributed by atoms with E-state index in [2.05, 4.69) is 0 Å². The molecule has 0 saturated heterocycles. The fraction of sp³-hybridized carbons (Fsp3) is 0.400. The molecule has 2 heteroatoms. The third-order valence-electron chi connectivity index (χ3n) is 2.14. The first-order valence-electron chi connectivity index (χ1n) is 4.20. The minimum atomic E-state index is 0.139. The fourth-order valence-corrected chi connectivity index (χ4v) is 1.24. The van der Waals surface area contributed by atoms with Crippen LogP contribution in [-0.4, -0.2) is 12.2 Å². The van der Waals surface area contributed by atoms with Gasteiger partial charge in [0.15, 0.2) is 11.5 Å². The van der Waals surface area contributed by atoms with E-state index in [1.54, 1.807) is 0 Å². The van der Waals surface area contributed by atoms with Crippen LogP contribution in [-0.2, 0) is 0 Å². The zero-order chi connectivity index (χ0) is 8.55. The minimum absolute atomic E-state index is 0.139. The second-order valence-electron chi connectivity index (χ2n) is 3.09. The van der Waals surface area contributed by atoms with E-state index in [1.165, 1.54) is 0 Å². The van der Waals surface area contributed by atoms with Gasteiger partial charge in [0.1, 0.15) is 12.2 Å². The predicted molar refractivity (Wildman–Crippen MR) is 46.6 cm³/mol. The van der Waals surface area contributed by atoms with Gasteiger partial charge in [-0.15, -0.1) is 0 Å². The van der Waals surface area contributed by atoms with Crippen LogP contribution in [0.5, 0.6) is 11.5 Å². The molecule has 0 spiro atoms. The lowest BCUT2D eigenvalue weighted by Crippen LogP contribution is -2.34. The van der Waals surface area contributed by atoms with Gasteiger partial charge in [0, 0.05) is 0 Å². The molecule has 64 valence electrons. The van der Waals surface area contributed by atoms with Crippen molar-refractivity contribution in [2.45, 2.75) is 26.1 Å². The third kappa shape index (κ3) is 1.13. The van der Waals surface area contributed by atoms with Crippen LogP contribution in [0.3, 0.4) is 0 Å². The van der Waals surface area contributed by atoms with E-state index >= 15 is 0 Å². The molecule has 0 radical (unpaired) electrons. The van der Waals surface area contributed by atoms with Crippen molar-refractivity contribution in [3.63, 3.8) is 0 Å². The van der Waals surface area contributed by atoms with E-state index in [1.807, 2.05) is 38.1 Å². The standard InChI is InChI=1S/C10H12O2/c1-7-8(2)12-10-6-4-3-5-9(10)11-7/h3-8H,1-2H3. The van der Waals surface area contributed by atoms with Crippen molar-refractivity contribution in [1.82, 2.24) is 0 Å². The maximum Gasteiger partial charge on any atom is 0.161 e. The van der Waals surface area contributed by atoms with Crippen molar-refractivity contribution in [2.75, 3.05) is 0 Å². The average molecular weight is 164 g/mol. The Kier molecular flexibility index (Phi) is 1.68. The molecular formula is C10H12O2. The largest absolute Gasteiger partial charge is 0.483 e. The van der Waals surface area contributed by atoms with E-state index in [4.69, 9.17) is 9.47 Å². The van der Waals surface area contributed by atoms with Gasteiger partial charge in [0.2, 0.25) is 0 Å². The highest BCUT2D eigenvalue weighted by Gasteiger charge is 2.23. The number of fused-ring (bicyclic) bond motifs is 1. The van der Waals surface area contributed by atoms with Crippen LogP contribution < -0.4 is 9.47 Å². The van der Waals surface area contributed by atoms with Gasteiger partial charge in [-0.3, -0.25) is 0 Å². The van der Waals surface area contributed by atoms with E-state index < -0.39 is 0 Å². The number of rotatable bonds is 0. The fourth-order valence-electron chi connectivity index (χ4n) is 1.24. The summed E-state index contributed by atoms with van der Waals surface area (Å²) in [6.45, 7) is 4.03. The van der Waals surface area contributed by atoms with Crippen LogP contribution in [0.4, 0.5) is 0 Å². The third-order valence-corrected chi connectivity index (χ3v) is 2.14. The van der Waals surface area contributed by atoms with Gasteiger partial charge in [-0.1, -0.05) is 12.1 Å². The summed E-state index contributed by atoms with van der Waals surface area (Å²) in [7, 11) is 0. The van der Waals surface area contributed by atoms with E-state index in [0.717, 1.165) is 11.5 Å². The Morgan fingerprint density at radius 1 is 0.917 bits per heavy atom. The van der Waals surface area contributed by atoms with Crippen molar-refractivity contribution in [3.05, 3.63) is 24.3 Å². The molecule has 1 aliphatic rings. The topological polar surface area (TPSA) is 18.5 Å². The number of ether oxygens (including phenoxy) is 2. The lowest BCUT2D eigenvalue weighted by Gasteiger charge is -2.29. The monoisotopic (exact) mass is 164 g/mol. The minimum Gasteiger partial charge on any atom is -0.483 e. The van der Waals surface area contributed by atoms with Crippen LogP contribution in [0.1, 0.15) is 13.8 Å². The molecule has 0 amide bonds. The quantitative estimate of drug-likeness (QED) is 0.585. The van der Waals surface area contributed by atoms with Gasteiger partial charge < -0.3 is 9.47 Å². The zero-order valence-corrected chi connectivity index (χ0v) is 7.28. The Labute approximate surface area is 72.1 Å². The lowest BCUT2D eigenvalue weighted by atomic mass is 10.2. The summed E-state index contributed by atoms with van der Waals surface area (Å²) < 4.78 is 11.2. The molecular weight excluding hydrogens is 152 g/mol.